The lowest BCUT2D eigenvalue weighted by atomic mass is 10.1. The van der Waals surface area contributed by atoms with Crippen molar-refractivity contribution in [1.29, 1.82) is 5.41 Å². The van der Waals surface area contributed by atoms with E-state index in [-0.39, 0.29) is 5.91 Å². The van der Waals surface area contributed by atoms with Crippen LogP contribution in [-0.2, 0) is 0 Å². The molecule has 0 saturated heterocycles. The lowest BCUT2D eigenvalue weighted by molar-refractivity contribution is 0.0960. The van der Waals surface area contributed by atoms with Gasteiger partial charge in [0, 0.05) is 40.2 Å². The van der Waals surface area contributed by atoms with Crippen molar-refractivity contribution in [3.8, 4) is 0 Å². The third-order valence-electron chi connectivity index (χ3n) is 3.44. The van der Waals surface area contributed by atoms with Gasteiger partial charge in [-0.25, -0.2) is 0 Å². The Balaban J connectivity index is 2.36. The van der Waals surface area contributed by atoms with Gasteiger partial charge >= 0.3 is 0 Å². The summed E-state index contributed by atoms with van der Waals surface area (Å²) in [6.45, 7) is 1.99. The van der Waals surface area contributed by atoms with E-state index in [4.69, 9.17) is 5.41 Å². The molecule has 2 aromatic carbocycles. The van der Waals surface area contributed by atoms with Crippen LogP contribution < -0.4 is 10.4 Å². The Hall–Kier alpha value is -1.11. The molecule has 0 aromatic heterocycles. The van der Waals surface area contributed by atoms with E-state index in [9.17, 15) is 4.79 Å². The SMILES string of the molecule is CCC(=N)c1ccc(Sc2ccccc2C(=O)NC)cc1NPI. The van der Waals surface area contributed by atoms with Gasteiger partial charge in [-0.3, -0.25) is 4.79 Å². The van der Waals surface area contributed by atoms with Gasteiger partial charge in [0.25, 0.3) is 5.91 Å². The van der Waals surface area contributed by atoms with E-state index in [1.807, 2.05) is 43.3 Å². The molecule has 0 saturated carbocycles. The van der Waals surface area contributed by atoms with Gasteiger partial charge in [0.1, 0.15) is 0 Å². The van der Waals surface area contributed by atoms with Crippen LogP contribution in [0.5, 0.6) is 0 Å². The summed E-state index contributed by atoms with van der Waals surface area (Å²) in [5, 5.41) is 14.1. The van der Waals surface area contributed by atoms with Crippen molar-refractivity contribution in [2.45, 2.75) is 23.1 Å². The first-order valence-electron chi connectivity index (χ1n) is 7.43. The third-order valence-corrected chi connectivity index (χ3v) is 5.68. The van der Waals surface area contributed by atoms with Gasteiger partial charge in [-0.1, -0.05) is 30.8 Å². The topological polar surface area (TPSA) is 65.0 Å². The van der Waals surface area contributed by atoms with E-state index < -0.39 is 0 Å². The molecule has 0 aliphatic carbocycles. The molecular formula is C17H19IN3OPS. The van der Waals surface area contributed by atoms with Crippen LogP contribution in [0.2, 0.25) is 0 Å². The Morgan fingerprint density at radius 3 is 2.67 bits per heavy atom. The van der Waals surface area contributed by atoms with E-state index >= 15 is 0 Å². The lowest BCUT2D eigenvalue weighted by Gasteiger charge is -2.13. The summed E-state index contributed by atoms with van der Waals surface area (Å²) in [5.74, 6) is -0.0884. The number of amides is 1. The van der Waals surface area contributed by atoms with Gasteiger partial charge < -0.3 is 15.8 Å². The molecule has 0 aliphatic rings. The Labute approximate surface area is 161 Å². The Kier molecular flexibility index (Phi) is 7.52. The molecule has 3 N–H and O–H groups in total. The first-order valence-corrected chi connectivity index (χ1v) is 12.4. The molecule has 2 rings (SSSR count). The number of carbonyl (C=O) groups excluding carboxylic acids is 1. The van der Waals surface area contributed by atoms with Crippen molar-refractivity contribution >= 4 is 57.5 Å². The fourth-order valence-electron chi connectivity index (χ4n) is 2.20. The number of rotatable bonds is 7. The quantitative estimate of drug-likeness (QED) is 0.291. The molecular weight excluding hydrogens is 452 g/mol. The zero-order chi connectivity index (χ0) is 17.5. The Morgan fingerprint density at radius 2 is 2.00 bits per heavy atom. The van der Waals surface area contributed by atoms with Crippen LogP contribution in [0, 0.1) is 5.41 Å². The van der Waals surface area contributed by atoms with Crippen LogP contribution in [0.25, 0.3) is 0 Å². The van der Waals surface area contributed by atoms with Crippen molar-refractivity contribution < 1.29 is 4.79 Å². The zero-order valence-electron chi connectivity index (χ0n) is 13.4. The van der Waals surface area contributed by atoms with Crippen LogP contribution >= 0.6 is 40.2 Å². The molecule has 0 bridgehead atoms. The van der Waals surface area contributed by atoms with Gasteiger partial charge in [-0.2, -0.15) is 0 Å². The first-order chi connectivity index (χ1) is 11.6. The number of halogens is 1. The van der Waals surface area contributed by atoms with E-state index in [0.717, 1.165) is 21.0 Å². The Morgan fingerprint density at radius 1 is 1.25 bits per heavy atom. The van der Waals surface area contributed by atoms with Gasteiger partial charge in [-0.05, 0) is 58.8 Å². The highest BCUT2D eigenvalue weighted by Crippen LogP contribution is 2.35. The molecule has 0 spiro atoms. The van der Waals surface area contributed by atoms with E-state index in [0.29, 0.717) is 24.1 Å². The number of anilines is 1. The first kappa shape index (κ1) is 19.2. The lowest BCUT2D eigenvalue weighted by Crippen LogP contribution is -2.18. The van der Waals surface area contributed by atoms with Crippen molar-refractivity contribution in [3.05, 3.63) is 53.6 Å². The second-order valence-electron chi connectivity index (χ2n) is 4.94. The minimum Gasteiger partial charge on any atom is -0.358 e. The molecule has 2 aromatic rings. The summed E-state index contributed by atoms with van der Waals surface area (Å²) in [4.78, 5) is 14.0. The van der Waals surface area contributed by atoms with Crippen LogP contribution in [0.4, 0.5) is 5.69 Å². The average molecular weight is 471 g/mol. The third kappa shape index (κ3) is 4.71. The highest BCUT2D eigenvalue weighted by atomic mass is 127. The highest BCUT2D eigenvalue weighted by Gasteiger charge is 2.12. The predicted molar refractivity (Wildman–Crippen MR) is 113 cm³/mol. The smallest absolute Gasteiger partial charge is 0.252 e. The highest BCUT2D eigenvalue weighted by molar-refractivity contribution is 14.2. The molecule has 7 heteroatoms. The predicted octanol–water partition coefficient (Wildman–Crippen LogP) is 5.33. The largest absolute Gasteiger partial charge is 0.358 e. The van der Waals surface area contributed by atoms with Gasteiger partial charge in [0.05, 0.1) is 5.56 Å². The molecule has 24 heavy (non-hydrogen) atoms. The van der Waals surface area contributed by atoms with Crippen LogP contribution in [0.3, 0.4) is 0 Å². The fourth-order valence-corrected chi connectivity index (χ4v) is 4.36. The van der Waals surface area contributed by atoms with E-state index in [2.05, 4.69) is 38.5 Å². The molecule has 0 fully saturated rings. The molecule has 0 aliphatic heterocycles. The average Bonchev–Trinajstić information content (AvgIpc) is 2.61. The van der Waals surface area contributed by atoms with E-state index in [1.165, 1.54) is 0 Å². The van der Waals surface area contributed by atoms with Gasteiger partial charge in [0.2, 0.25) is 0 Å². The molecule has 0 radical (unpaired) electrons. The monoisotopic (exact) mass is 471 g/mol. The fraction of sp³-hybridized carbons (Fsp3) is 0.176. The van der Waals surface area contributed by atoms with Gasteiger partial charge in [0.15, 0.2) is 0 Å². The minimum atomic E-state index is -0.0884. The molecule has 126 valence electrons. The Bertz CT molecular complexity index is 754. The number of hydrogen-bond acceptors (Lipinski definition) is 4. The maximum absolute atomic E-state index is 12.0. The second kappa shape index (κ2) is 9.39. The normalized spacial score (nSPS) is 10.8. The summed E-state index contributed by atoms with van der Waals surface area (Å²) in [6, 6.07) is 13.6. The van der Waals surface area contributed by atoms with Crippen molar-refractivity contribution in [1.82, 2.24) is 5.32 Å². The summed E-state index contributed by atoms with van der Waals surface area (Å²) in [5.41, 5.74) is 3.19. The number of hydrogen-bond donors (Lipinski definition) is 3. The maximum Gasteiger partial charge on any atom is 0.252 e. The molecule has 4 nitrogen and oxygen atoms in total. The second-order valence-corrected chi connectivity index (χ2v) is 8.11. The molecule has 1 amide bonds. The van der Waals surface area contributed by atoms with Crippen LogP contribution in [-0.4, -0.2) is 18.7 Å². The van der Waals surface area contributed by atoms with Crippen molar-refractivity contribution in [2.75, 3.05) is 12.1 Å². The van der Waals surface area contributed by atoms with Crippen molar-refractivity contribution in [3.63, 3.8) is 0 Å². The maximum atomic E-state index is 12.0. The molecule has 1 unspecified atom stereocenters. The number of nitrogens with one attached hydrogen (secondary N) is 3. The van der Waals surface area contributed by atoms with Crippen molar-refractivity contribution in [2.24, 2.45) is 0 Å². The molecule has 0 heterocycles. The van der Waals surface area contributed by atoms with Crippen LogP contribution in [0.1, 0.15) is 29.3 Å². The number of carbonyl (C=O) groups is 1. The summed E-state index contributed by atoms with van der Waals surface area (Å²) < 4.78 is 0. The van der Waals surface area contributed by atoms with Gasteiger partial charge in [-0.15, -0.1) is 0 Å². The molecule has 1 atom stereocenters. The van der Waals surface area contributed by atoms with Crippen LogP contribution in [0.15, 0.2) is 52.3 Å². The summed E-state index contributed by atoms with van der Waals surface area (Å²) >= 11 is 3.84. The summed E-state index contributed by atoms with van der Waals surface area (Å²) in [7, 11) is 1.64. The zero-order valence-corrected chi connectivity index (χ0v) is 17.4. The van der Waals surface area contributed by atoms with E-state index in [1.54, 1.807) is 18.8 Å². The summed E-state index contributed by atoms with van der Waals surface area (Å²) in [6.07, 6.45) is 1.23. The minimum absolute atomic E-state index is 0.0884. The number of benzene rings is 2. The standard InChI is InChI=1S/C17H19IN3OPS/c1-3-14(19)12-9-8-11(10-15(12)21-23-18)24-16-7-5-4-6-13(16)17(22)20-2/h4-10,19,21,23H,3H2,1-2H3,(H,20,22).